The van der Waals surface area contributed by atoms with Crippen LogP contribution in [0.4, 0.5) is 11.4 Å². The molecule has 1 aliphatic rings. The average Bonchev–Trinajstić information content (AvgIpc) is 2.76. The van der Waals surface area contributed by atoms with E-state index in [2.05, 4.69) is 22.5 Å². The Kier molecular flexibility index (Phi) is 7.36. The smallest absolute Gasteiger partial charge is 0.270 e. The third kappa shape index (κ3) is 6.36. The first-order valence-electron chi connectivity index (χ1n) is 10.5. The summed E-state index contributed by atoms with van der Waals surface area (Å²) in [5.41, 5.74) is 1.80. The Balaban J connectivity index is 1.51. The van der Waals surface area contributed by atoms with Crippen molar-refractivity contribution in [2.24, 2.45) is 5.92 Å². The van der Waals surface area contributed by atoms with Crippen LogP contribution >= 0.6 is 0 Å². The maximum atomic E-state index is 12.4. The Bertz CT molecular complexity index is 937. The van der Waals surface area contributed by atoms with Crippen LogP contribution < -0.4 is 10.6 Å². The van der Waals surface area contributed by atoms with Crippen molar-refractivity contribution in [2.45, 2.75) is 39.3 Å². The number of nitro benzene ring substituents is 1. The minimum Gasteiger partial charge on any atom is -0.341 e. The monoisotopic (exact) mass is 424 g/mol. The molecule has 1 unspecified atom stereocenters. The summed E-state index contributed by atoms with van der Waals surface area (Å²) in [6, 6.07) is 12.3. The number of hydrogen-bond acceptors (Lipinski definition) is 5. The van der Waals surface area contributed by atoms with Crippen LogP contribution in [0.15, 0.2) is 48.5 Å². The minimum atomic E-state index is -0.804. The van der Waals surface area contributed by atoms with Gasteiger partial charge in [-0.3, -0.25) is 24.6 Å². The summed E-state index contributed by atoms with van der Waals surface area (Å²) in [5, 5.41) is 16.2. The number of hydrogen-bond donors (Lipinski definition) is 2. The Labute approximate surface area is 181 Å². The SMILES string of the molecule is CC1CCN(Cc2ccc(NC(=O)C(C)NC(=O)c3cccc([N+](=O)[O-])c3)cc2)CC1. The molecule has 0 radical (unpaired) electrons. The summed E-state index contributed by atoms with van der Waals surface area (Å²) in [5.74, 6) is -0.109. The van der Waals surface area contributed by atoms with Gasteiger partial charge >= 0.3 is 0 Å². The third-order valence-electron chi connectivity index (χ3n) is 5.56. The van der Waals surface area contributed by atoms with Gasteiger partial charge in [-0.25, -0.2) is 0 Å². The van der Waals surface area contributed by atoms with Crippen molar-refractivity contribution in [2.75, 3.05) is 18.4 Å². The predicted molar refractivity (Wildman–Crippen MR) is 119 cm³/mol. The van der Waals surface area contributed by atoms with E-state index in [-0.39, 0.29) is 17.2 Å². The number of rotatable bonds is 7. The van der Waals surface area contributed by atoms with Crippen LogP contribution in [0.3, 0.4) is 0 Å². The Morgan fingerprint density at radius 2 is 1.84 bits per heavy atom. The van der Waals surface area contributed by atoms with Gasteiger partial charge in [0, 0.05) is 29.9 Å². The Morgan fingerprint density at radius 3 is 2.48 bits per heavy atom. The van der Waals surface area contributed by atoms with E-state index in [4.69, 9.17) is 0 Å². The number of non-ortho nitro benzene ring substituents is 1. The lowest BCUT2D eigenvalue weighted by atomic mass is 9.99. The molecule has 0 spiro atoms. The van der Waals surface area contributed by atoms with Crippen LogP contribution in [0.2, 0.25) is 0 Å². The first-order valence-corrected chi connectivity index (χ1v) is 10.5. The molecule has 2 amide bonds. The largest absolute Gasteiger partial charge is 0.341 e. The number of piperidine rings is 1. The van der Waals surface area contributed by atoms with Crippen molar-refractivity contribution in [1.82, 2.24) is 10.2 Å². The molecule has 0 bridgehead atoms. The van der Waals surface area contributed by atoms with E-state index >= 15 is 0 Å². The maximum Gasteiger partial charge on any atom is 0.270 e. The zero-order valence-electron chi connectivity index (χ0n) is 17.8. The molecule has 8 heteroatoms. The molecule has 2 aromatic carbocycles. The van der Waals surface area contributed by atoms with E-state index in [9.17, 15) is 19.7 Å². The molecule has 1 fully saturated rings. The Morgan fingerprint density at radius 1 is 1.16 bits per heavy atom. The first-order chi connectivity index (χ1) is 14.8. The van der Waals surface area contributed by atoms with Crippen LogP contribution in [0, 0.1) is 16.0 Å². The highest BCUT2D eigenvalue weighted by atomic mass is 16.6. The number of likely N-dealkylation sites (tertiary alicyclic amines) is 1. The average molecular weight is 425 g/mol. The highest BCUT2D eigenvalue weighted by Gasteiger charge is 2.19. The molecule has 1 saturated heterocycles. The summed E-state index contributed by atoms with van der Waals surface area (Å²) in [6.45, 7) is 6.98. The van der Waals surface area contributed by atoms with Crippen LogP contribution in [-0.4, -0.2) is 40.8 Å². The highest BCUT2D eigenvalue weighted by molar-refractivity contribution is 6.01. The van der Waals surface area contributed by atoms with Crippen molar-refractivity contribution in [1.29, 1.82) is 0 Å². The highest BCUT2D eigenvalue weighted by Crippen LogP contribution is 2.19. The van der Waals surface area contributed by atoms with Crippen molar-refractivity contribution in [3.05, 3.63) is 69.8 Å². The summed E-state index contributed by atoms with van der Waals surface area (Å²) >= 11 is 0. The Hall–Kier alpha value is -3.26. The lowest BCUT2D eigenvalue weighted by Crippen LogP contribution is -2.41. The number of carbonyl (C=O) groups excluding carboxylic acids is 2. The van der Waals surface area contributed by atoms with Gasteiger partial charge in [0.05, 0.1) is 4.92 Å². The van der Waals surface area contributed by atoms with Crippen molar-refractivity contribution in [3.63, 3.8) is 0 Å². The van der Waals surface area contributed by atoms with Gasteiger partial charge in [-0.1, -0.05) is 25.1 Å². The lowest BCUT2D eigenvalue weighted by Gasteiger charge is -2.30. The van der Waals surface area contributed by atoms with Crippen molar-refractivity contribution < 1.29 is 14.5 Å². The van der Waals surface area contributed by atoms with E-state index in [1.54, 1.807) is 6.92 Å². The second-order valence-electron chi connectivity index (χ2n) is 8.15. The molecule has 0 aromatic heterocycles. The number of anilines is 1. The van der Waals surface area contributed by atoms with Crippen LogP contribution in [-0.2, 0) is 11.3 Å². The van der Waals surface area contributed by atoms with E-state index in [1.165, 1.54) is 42.7 Å². The maximum absolute atomic E-state index is 12.4. The fraction of sp³-hybridized carbons (Fsp3) is 0.391. The molecular weight excluding hydrogens is 396 g/mol. The number of benzene rings is 2. The zero-order valence-corrected chi connectivity index (χ0v) is 17.8. The molecule has 0 saturated carbocycles. The van der Waals surface area contributed by atoms with E-state index in [0.717, 1.165) is 25.6 Å². The van der Waals surface area contributed by atoms with Crippen LogP contribution in [0.25, 0.3) is 0 Å². The van der Waals surface area contributed by atoms with Gasteiger partial charge in [0.15, 0.2) is 0 Å². The second kappa shape index (κ2) is 10.2. The number of nitrogens with one attached hydrogen (secondary N) is 2. The molecule has 31 heavy (non-hydrogen) atoms. The molecule has 8 nitrogen and oxygen atoms in total. The standard InChI is InChI=1S/C23H28N4O4/c1-16-10-12-26(13-11-16)15-18-6-8-20(9-7-18)25-22(28)17(2)24-23(29)19-4-3-5-21(14-19)27(30)31/h3-9,14,16-17H,10-13,15H2,1-2H3,(H,24,29)(H,25,28). The van der Waals surface area contributed by atoms with Gasteiger partial charge in [-0.05, 0) is 62.5 Å². The number of nitrogens with zero attached hydrogens (tertiary/aromatic N) is 2. The fourth-order valence-corrected chi connectivity index (χ4v) is 3.53. The molecule has 2 N–H and O–H groups in total. The topological polar surface area (TPSA) is 105 Å². The van der Waals surface area contributed by atoms with E-state index in [0.29, 0.717) is 5.69 Å². The lowest BCUT2D eigenvalue weighted by molar-refractivity contribution is -0.384. The van der Waals surface area contributed by atoms with Crippen LogP contribution in [0.5, 0.6) is 0 Å². The fourth-order valence-electron chi connectivity index (χ4n) is 3.53. The quantitative estimate of drug-likeness (QED) is 0.522. The first kappa shape index (κ1) is 22.4. The molecule has 1 atom stereocenters. The molecule has 3 rings (SSSR count). The molecule has 164 valence electrons. The van der Waals surface area contributed by atoms with Gasteiger partial charge in [0.25, 0.3) is 11.6 Å². The summed E-state index contributed by atoms with van der Waals surface area (Å²) in [7, 11) is 0. The summed E-state index contributed by atoms with van der Waals surface area (Å²) < 4.78 is 0. The molecule has 1 heterocycles. The zero-order chi connectivity index (χ0) is 22.4. The second-order valence-corrected chi connectivity index (χ2v) is 8.15. The number of nitro groups is 1. The molecule has 2 aromatic rings. The predicted octanol–water partition coefficient (Wildman–Crippen LogP) is 3.58. The van der Waals surface area contributed by atoms with Gasteiger partial charge in [-0.2, -0.15) is 0 Å². The minimum absolute atomic E-state index is 0.130. The van der Waals surface area contributed by atoms with Crippen molar-refractivity contribution in [3.8, 4) is 0 Å². The summed E-state index contributed by atoms with van der Waals surface area (Å²) in [6.07, 6.45) is 2.46. The summed E-state index contributed by atoms with van der Waals surface area (Å²) in [4.78, 5) is 37.5. The molecular formula is C23H28N4O4. The molecule has 0 aliphatic carbocycles. The van der Waals surface area contributed by atoms with Crippen molar-refractivity contribution >= 4 is 23.2 Å². The number of amides is 2. The van der Waals surface area contributed by atoms with Gasteiger partial charge in [0.1, 0.15) is 6.04 Å². The normalized spacial score (nSPS) is 15.8. The van der Waals surface area contributed by atoms with Crippen LogP contribution in [0.1, 0.15) is 42.6 Å². The van der Waals surface area contributed by atoms with E-state index < -0.39 is 16.9 Å². The van der Waals surface area contributed by atoms with Gasteiger partial charge in [-0.15, -0.1) is 0 Å². The van der Waals surface area contributed by atoms with E-state index in [1.807, 2.05) is 24.3 Å². The number of carbonyl (C=O) groups is 2. The van der Waals surface area contributed by atoms with Gasteiger partial charge in [0.2, 0.25) is 5.91 Å². The molecule has 1 aliphatic heterocycles. The third-order valence-corrected chi connectivity index (χ3v) is 5.56. The van der Waals surface area contributed by atoms with Gasteiger partial charge < -0.3 is 10.6 Å².